The van der Waals surface area contributed by atoms with Crippen LogP contribution in [0.15, 0.2) is 24.3 Å². The van der Waals surface area contributed by atoms with Crippen LogP contribution in [-0.4, -0.2) is 40.7 Å². The summed E-state index contributed by atoms with van der Waals surface area (Å²) < 4.78 is 5.22. The second kappa shape index (κ2) is 7.04. The van der Waals surface area contributed by atoms with Crippen LogP contribution in [0.5, 0.6) is 5.75 Å². The molecule has 0 unspecified atom stereocenters. The minimum absolute atomic E-state index is 0.0738. The van der Waals surface area contributed by atoms with Crippen LogP contribution in [0.3, 0.4) is 0 Å². The van der Waals surface area contributed by atoms with E-state index >= 15 is 0 Å². The molecule has 2 aliphatic rings. The van der Waals surface area contributed by atoms with Gasteiger partial charge in [-0.1, -0.05) is 20.8 Å². The van der Waals surface area contributed by atoms with E-state index in [0.717, 1.165) is 11.3 Å². The Bertz CT molecular complexity index is 830. The summed E-state index contributed by atoms with van der Waals surface area (Å²) in [5.41, 5.74) is -0.512. The van der Waals surface area contributed by atoms with E-state index in [1.165, 1.54) is 19.1 Å². The summed E-state index contributed by atoms with van der Waals surface area (Å²) in [6.45, 7) is 7.25. The standard InChI is InChI=1S/C21H26N2O5/c1-13-9-20(3,4)12-21(10-13)18(26)23(19(27)22-21)11-17(25)28-16-7-5-15(6-8-16)14(2)24/h5-8,13H,9-12H2,1-4H3,(H,22,27)/t13-,21-/m0/s1. The first-order valence-electron chi connectivity index (χ1n) is 9.47. The van der Waals surface area contributed by atoms with Crippen molar-refractivity contribution in [2.24, 2.45) is 11.3 Å². The van der Waals surface area contributed by atoms with Crippen LogP contribution >= 0.6 is 0 Å². The summed E-state index contributed by atoms with van der Waals surface area (Å²) in [4.78, 5) is 50.0. The van der Waals surface area contributed by atoms with Gasteiger partial charge in [0.25, 0.3) is 5.91 Å². The van der Waals surface area contributed by atoms with Crippen molar-refractivity contribution < 1.29 is 23.9 Å². The number of nitrogens with zero attached hydrogens (tertiary/aromatic N) is 1. The third kappa shape index (κ3) is 3.93. The number of ether oxygens (including phenoxy) is 1. The summed E-state index contributed by atoms with van der Waals surface area (Å²) in [5.74, 6) is -0.615. The molecule has 1 N–H and O–H groups in total. The van der Waals surface area contributed by atoms with E-state index in [0.29, 0.717) is 24.3 Å². The monoisotopic (exact) mass is 386 g/mol. The van der Waals surface area contributed by atoms with Crippen molar-refractivity contribution in [3.05, 3.63) is 29.8 Å². The highest BCUT2D eigenvalue weighted by Crippen LogP contribution is 2.46. The van der Waals surface area contributed by atoms with Gasteiger partial charge in [-0.15, -0.1) is 0 Å². The molecule has 1 saturated heterocycles. The van der Waals surface area contributed by atoms with Crippen LogP contribution in [0.1, 0.15) is 57.3 Å². The molecule has 3 amide bonds. The van der Waals surface area contributed by atoms with Crippen molar-refractivity contribution in [1.29, 1.82) is 0 Å². The Morgan fingerprint density at radius 2 is 1.82 bits per heavy atom. The molecule has 150 valence electrons. The Labute approximate surface area is 164 Å². The van der Waals surface area contributed by atoms with E-state index in [4.69, 9.17) is 4.74 Å². The Morgan fingerprint density at radius 1 is 1.18 bits per heavy atom. The van der Waals surface area contributed by atoms with Gasteiger partial charge in [0.2, 0.25) is 0 Å². The number of carbonyl (C=O) groups is 4. The lowest BCUT2D eigenvalue weighted by atomic mass is 9.64. The molecule has 1 aliphatic heterocycles. The molecule has 0 bridgehead atoms. The molecule has 1 heterocycles. The maximum atomic E-state index is 13.0. The smallest absolute Gasteiger partial charge is 0.331 e. The Morgan fingerprint density at radius 3 is 2.39 bits per heavy atom. The first-order chi connectivity index (χ1) is 13.0. The summed E-state index contributed by atoms with van der Waals surface area (Å²) in [7, 11) is 0. The molecule has 1 saturated carbocycles. The number of Topliss-reactive ketones (excluding diaryl/α,β-unsaturated/α-hetero) is 1. The lowest BCUT2D eigenvalue weighted by Crippen LogP contribution is -2.54. The molecule has 1 aliphatic carbocycles. The Kier molecular flexibility index (Phi) is 5.04. The van der Waals surface area contributed by atoms with Gasteiger partial charge < -0.3 is 10.1 Å². The van der Waals surface area contributed by atoms with Gasteiger partial charge in [0.1, 0.15) is 17.8 Å². The highest BCUT2D eigenvalue weighted by molar-refractivity contribution is 6.09. The first-order valence-corrected chi connectivity index (χ1v) is 9.47. The largest absolute Gasteiger partial charge is 0.425 e. The minimum atomic E-state index is -0.943. The fraction of sp³-hybridized carbons (Fsp3) is 0.524. The van der Waals surface area contributed by atoms with E-state index < -0.39 is 24.1 Å². The number of rotatable bonds is 4. The molecular formula is C21H26N2O5. The van der Waals surface area contributed by atoms with Crippen molar-refractivity contribution in [1.82, 2.24) is 10.2 Å². The van der Waals surface area contributed by atoms with Crippen molar-refractivity contribution in [3.8, 4) is 5.75 Å². The van der Waals surface area contributed by atoms with Crippen LogP contribution in [0, 0.1) is 11.3 Å². The zero-order valence-electron chi connectivity index (χ0n) is 16.7. The molecule has 0 radical (unpaired) electrons. The molecule has 3 rings (SSSR count). The molecule has 28 heavy (non-hydrogen) atoms. The zero-order chi connectivity index (χ0) is 20.7. The molecular weight excluding hydrogens is 360 g/mol. The van der Waals surface area contributed by atoms with Gasteiger partial charge in [-0.3, -0.25) is 14.5 Å². The lowest BCUT2D eigenvalue weighted by Gasteiger charge is -2.43. The van der Waals surface area contributed by atoms with Crippen LogP contribution in [0.4, 0.5) is 4.79 Å². The predicted molar refractivity (Wildman–Crippen MR) is 102 cm³/mol. The SMILES string of the molecule is CC(=O)c1ccc(OC(=O)CN2C(=O)N[C@]3(C[C@@H](C)CC(C)(C)C3)C2=O)cc1. The third-order valence-electron chi connectivity index (χ3n) is 5.40. The Balaban J connectivity index is 1.68. The number of ketones is 1. The maximum Gasteiger partial charge on any atom is 0.331 e. The molecule has 0 aromatic heterocycles. The average molecular weight is 386 g/mol. The molecule has 7 heteroatoms. The average Bonchev–Trinajstić information content (AvgIpc) is 2.77. The molecule has 7 nitrogen and oxygen atoms in total. The number of esters is 1. The van der Waals surface area contributed by atoms with E-state index in [1.54, 1.807) is 12.1 Å². The topological polar surface area (TPSA) is 92.8 Å². The van der Waals surface area contributed by atoms with Crippen molar-refractivity contribution in [2.75, 3.05) is 6.54 Å². The number of imide groups is 1. The minimum Gasteiger partial charge on any atom is -0.425 e. The second-order valence-electron chi connectivity index (χ2n) is 8.81. The summed E-state index contributed by atoms with van der Waals surface area (Å²) >= 11 is 0. The maximum absolute atomic E-state index is 13.0. The second-order valence-corrected chi connectivity index (χ2v) is 8.81. The summed E-state index contributed by atoms with van der Waals surface area (Å²) in [6, 6.07) is 5.57. The summed E-state index contributed by atoms with van der Waals surface area (Å²) in [6.07, 6.45) is 2.10. The van der Waals surface area contributed by atoms with Gasteiger partial charge in [0.05, 0.1) is 0 Å². The number of amides is 3. The van der Waals surface area contributed by atoms with Gasteiger partial charge in [-0.2, -0.15) is 0 Å². The molecule has 1 spiro atoms. The number of urea groups is 1. The van der Waals surface area contributed by atoms with Gasteiger partial charge >= 0.3 is 12.0 Å². The number of nitrogens with one attached hydrogen (secondary N) is 1. The number of hydrogen-bond donors (Lipinski definition) is 1. The molecule has 2 atom stereocenters. The molecule has 1 aromatic carbocycles. The van der Waals surface area contributed by atoms with Gasteiger partial charge in [0, 0.05) is 5.56 Å². The number of benzene rings is 1. The van der Waals surface area contributed by atoms with Crippen LogP contribution in [-0.2, 0) is 9.59 Å². The highest BCUT2D eigenvalue weighted by Gasteiger charge is 2.56. The van der Waals surface area contributed by atoms with Gasteiger partial charge in [0.15, 0.2) is 5.78 Å². The Hall–Kier alpha value is -2.70. The van der Waals surface area contributed by atoms with E-state index in [2.05, 4.69) is 26.1 Å². The van der Waals surface area contributed by atoms with Crippen molar-refractivity contribution in [3.63, 3.8) is 0 Å². The van der Waals surface area contributed by atoms with Crippen LogP contribution in [0.25, 0.3) is 0 Å². The highest BCUT2D eigenvalue weighted by atomic mass is 16.5. The van der Waals surface area contributed by atoms with Gasteiger partial charge in [-0.05, 0) is 61.8 Å². The number of hydrogen-bond acceptors (Lipinski definition) is 5. The van der Waals surface area contributed by atoms with E-state index in [-0.39, 0.29) is 22.9 Å². The van der Waals surface area contributed by atoms with Gasteiger partial charge in [-0.25, -0.2) is 9.59 Å². The van der Waals surface area contributed by atoms with Crippen LogP contribution in [0.2, 0.25) is 0 Å². The molecule has 2 fully saturated rings. The quantitative estimate of drug-likeness (QED) is 0.372. The normalized spacial score (nSPS) is 26.3. The molecule has 1 aromatic rings. The first kappa shape index (κ1) is 20.0. The zero-order valence-corrected chi connectivity index (χ0v) is 16.7. The van der Waals surface area contributed by atoms with Crippen molar-refractivity contribution >= 4 is 23.7 Å². The lowest BCUT2D eigenvalue weighted by molar-refractivity contribution is -0.142. The van der Waals surface area contributed by atoms with E-state index in [9.17, 15) is 19.2 Å². The fourth-order valence-electron chi connectivity index (χ4n) is 4.70. The van der Waals surface area contributed by atoms with Crippen LogP contribution < -0.4 is 10.1 Å². The summed E-state index contributed by atoms with van der Waals surface area (Å²) in [5, 5.41) is 2.84. The van der Waals surface area contributed by atoms with Crippen molar-refractivity contribution in [2.45, 2.75) is 52.5 Å². The van der Waals surface area contributed by atoms with E-state index in [1.807, 2.05) is 0 Å². The predicted octanol–water partition coefficient (Wildman–Crippen LogP) is 2.93. The fourth-order valence-corrected chi connectivity index (χ4v) is 4.70. The number of carbonyl (C=O) groups excluding carboxylic acids is 4. The third-order valence-corrected chi connectivity index (χ3v) is 5.40.